The maximum atomic E-state index is 12.3. The van der Waals surface area contributed by atoms with E-state index in [0.29, 0.717) is 44.1 Å². The number of hydrogen-bond acceptors (Lipinski definition) is 6. The van der Waals surface area contributed by atoms with Crippen LogP contribution in [-0.4, -0.2) is 72.6 Å². The van der Waals surface area contributed by atoms with Crippen LogP contribution in [-0.2, 0) is 9.53 Å². The number of carbonyl (C=O) groups is 2. The SMILES string of the molecule is CN1CC(NC(=O)c2cnc(N3CCOCC3)nc2)CCC1=O. The molecule has 0 bridgehead atoms. The molecule has 1 unspecified atom stereocenters. The topological polar surface area (TPSA) is 87.7 Å². The first-order chi connectivity index (χ1) is 11.1. The average molecular weight is 319 g/mol. The van der Waals surface area contributed by atoms with Gasteiger partial charge in [-0.1, -0.05) is 0 Å². The minimum Gasteiger partial charge on any atom is -0.378 e. The Morgan fingerprint density at radius 3 is 2.65 bits per heavy atom. The number of amides is 2. The molecule has 2 fully saturated rings. The van der Waals surface area contributed by atoms with E-state index in [1.54, 1.807) is 24.3 Å². The molecule has 23 heavy (non-hydrogen) atoms. The van der Waals surface area contributed by atoms with E-state index in [0.717, 1.165) is 13.1 Å². The Kier molecular flexibility index (Phi) is 4.71. The van der Waals surface area contributed by atoms with Crippen LogP contribution in [0.5, 0.6) is 0 Å². The van der Waals surface area contributed by atoms with E-state index in [-0.39, 0.29) is 17.9 Å². The van der Waals surface area contributed by atoms with Crippen LogP contribution in [0.25, 0.3) is 0 Å². The van der Waals surface area contributed by atoms with Crippen LogP contribution >= 0.6 is 0 Å². The summed E-state index contributed by atoms with van der Waals surface area (Å²) in [4.78, 5) is 36.0. The number of carbonyl (C=O) groups excluding carboxylic acids is 2. The van der Waals surface area contributed by atoms with Crippen LogP contribution in [0.2, 0.25) is 0 Å². The summed E-state index contributed by atoms with van der Waals surface area (Å²) < 4.78 is 5.29. The Hall–Kier alpha value is -2.22. The van der Waals surface area contributed by atoms with Gasteiger partial charge in [0.25, 0.3) is 5.91 Å². The Bertz CT molecular complexity index is 571. The molecule has 0 spiro atoms. The Balaban J connectivity index is 1.58. The molecule has 2 aliphatic rings. The third kappa shape index (κ3) is 3.76. The molecule has 0 aliphatic carbocycles. The number of aromatic nitrogens is 2. The molecular formula is C15H21N5O3. The molecule has 3 rings (SSSR count). The molecule has 8 heteroatoms. The van der Waals surface area contributed by atoms with E-state index < -0.39 is 0 Å². The van der Waals surface area contributed by atoms with E-state index in [1.807, 2.05) is 4.90 Å². The smallest absolute Gasteiger partial charge is 0.254 e. The van der Waals surface area contributed by atoms with Crippen LogP contribution in [0.4, 0.5) is 5.95 Å². The molecule has 3 heterocycles. The van der Waals surface area contributed by atoms with Gasteiger partial charge in [-0.3, -0.25) is 9.59 Å². The van der Waals surface area contributed by atoms with Gasteiger partial charge in [-0.15, -0.1) is 0 Å². The summed E-state index contributed by atoms with van der Waals surface area (Å²) in [6, 6.07) is -0.0240. The summed E-state index contributed by atoms with van der Waals surface area (Å²) in [5.74, 6) is 0.535. The second-order valence-corrected chi connectivity index (χ2v) is 5.85. The third-order valence-corrected chi connectivity index (χ3v) is 4.16. The Labute approximate surface area is 134 Å². The molecule has 0 radical (unpaired) electrons. The standard InChI is InChI=1S/C15H21N5O3/c1-19-10-12(2-3-13(19)21)18-14(22)11-8-16-15(17-9-11)20-4-6-23-7-5-20/h8-9,12H,2-7,10H2,1H3,(H,18,22). The van der Waals surface area contributed by atoms with E-state index in [9.17, 15) is 9.59 Å². The Morgan fingerprint density at radius 2 is 2.00 bits per heavy atom. The number of hydrogen-bond donors (Lipinski definition) is 1. The van der Waals surface area contributed by atoms with Crippen molar-refractivity contribution in [3.8, 4) is 0 Å². The minimum absolute atomic E-state index is 0.0240. The quantitative estimate of drug-likeness (QED) is 0.820. The number of piperidine rings is 1. The van der Waals surface area contributed by atoms with Gasteiger partial charge in [0.15, 0.2) is 0 Å². The zero-order valence-corrected chi connectivity index (χ0v) is 13.2. The summed E-state index contributed by atoms with van der Waals surface area (Å²) in [6.45, 7) is 3.39. The molecule has 2 aliphatic heterocycles. The highest BCUT2D eigenvalue weighted by atomic mass is 16.5. The van der Waals surface area contributed by atoms with Gasteiger partial charge >= 0.3 is 0 Å². The van der Waals surface area contributed by atoms with Gasteiger partial charge in [-0.25, -0.2) is 9.97 Å². The van der Waals surface area contributed by atoms with Crippen molar-refractivity contribution in [1.82, 2.24) is 20.2 Å². The lowest BCUT2D eigenvalue weighted by Crippen LogP contribution is -2.48. The molecule has 1 aromatic rings. The fourth-order valence-electron chi connectivity index (χ4n) is 2.76. The van der Waals surface area contributed by atoms with E-state index in [1.165, 1.54) is 0 Å². The predicted octanol–water partition coefficient (Wildman–Crippen LogP) is -0.336. The maximum absolute atomic E-state index is 12.3. The number of nitrogens with zero attached hydrogens (tertiary/aromatic N) is 4. The molecule has 1 N–H and O–H groups in total. The van der Waals surface area contributed by atoms with Crippen molar-refractivity contribution < 1.29 is 14.3 Å². The summed E-state index contributed by atoms with van der Waals surface area (Å²) in [7, 11) is 1.75. The van der Waals surface area contributed by atoms with Crippen molar-refractivity contribution in [2.24, 2.45) is 0 Å². The number of rotatable bonds is 3. The Morgan fingerprint density at radius 1 is 1.30 bits per heavy atom. The monoisotopic (exact) mass is 319 g/mol. The molecule has 8 nitrogen and oxygen atoms in total. The molecule has 1 aromatic heterocycles. The van der Waals surface area contributed by atoms with Crippen LogP contribution in [0, 0.1) is 0 Å². The molecular weight excluding hydrogens is 298 g/mol. The van der Waals surface area contributed by atoms with E-state index in [4.69, 9.17) is 4.74 Å². The molecule has 2 amide bonds. The first-order valence-corrected chi connectivity index (χ1v) is 7.83. The van der Waals surface area contributed by atoms with Gasteiger partial charge in [0, 0.05) is 51.5 Å². The first kappa shape index (κ1) is 15.7. The predicted molar refractivity (Wildman–Crippen MR) is 83.2 cm³/mol. The number of morpholine rings is 1. The summed E-state index contributed by atoms with van der Waals surface area (Å²) in [5, 5.41) is 2.94. The van der Waals surface area contributed by atoms with E-state index in [2.05, 4.69) is 15.3 Å². The van der Waals surface area contributed by atoms with Crippen molar-refractivity contribution in [2.75, 3.05) is 44.8 Å². The van der Waals surface area contributed by atoms with Gasteiger partial charge in [0.05, 0.1) is 18.8 Å². The lowest BCUT2D eigenvalue weighted by molar-refractivity contribution is -0.132. The van der Waals surface area contributed by atoms with Crippen molar-refractivity contribution in [2.45, 2.75) is 18.9 Å². The number of ether oxygens (including phenoxy) is 1. The number of likely N-dealkylation sites (tertiary alicyclic amines) is 1. The summed E-state index contributed by atoms with van der Waals surface area (Å²) >= 11 is 0. The molecule has 0 aromatic carbocycles. The second kappa shape index (κ2) is 6.91. The van der Waals surface area contributed by atoms with Crippen LogP contribution in [0.15, 0.2) is 12.4 Å². The summed E-state index contributed by atoms with van der Waals surface area (Å²) in [6.07, 6.45) is 4.23. The van der Waals surface area contributed by atoms with Gasteiger partial charge in [-0.2, -0.15) is 0 Å². The largest absolute Gasteiger partial charge is 0.378 e. The van der Waals surface area contributed by atoms with Crippen molar-refractivity contribution >= 4 is 17.8 Å². The van der Waals surface area contributed by atoms with Crippen LogP contribution in [0.3, 0.4) is 0 Å². The first-order valence-electron chi connectivity index (χ1n) is 7.83. The van der Waals surface area contributed by atoms with Gasteiger partial charge < -0.3 is 19.9 Å². The highest BCUT2D eigenvalue weighted by molar-refractivity contribution is 5.94. The molecule has 1 atom stereocenters. The van der Waals surface area contributed by atoms with Crippen LogP contribution in [0.1, 0.15) is 23.2 Å². The average Bonchev–Trinajstić information content (AvgIpc) is 2.59. The van der Waals surface area contributed by atoms with Gasteiger partial charge in [-0.05, 0) is 6.42 Å². The molecule has 2 saturated heterocycles. The van der Waals surface area contributed by atoms with Gasteiger partial charge in [0.2, 0.25) is 11.9 Å². The van der Waals surface area contributed by atoms with Crippen molar-refractivity contribution in [3.05, 3.63) is 18.0 Å². The second-order valence-electron chi connectivity index (χ2n) is 5.85. The number of nitrogens with one attached hydrogen (secondary N) is 1. The highest BCUT2D eigenvalue weighted by Crippen LogP contribution is 2.12. The lowest BCUT2D eigenvalue weighted by Gasteiger charge is -2.30. The number of likely N-dealkylation sites (N-methyl/N-ethyl adjacent to an activating group) is 1. The minimum atomic E-state index is -0.203. The van der Waals surface area contributed by atoms with E-state index >= 15 is 0 Å². The van der Waals surface area contributed by atoms with Crippen molar-refractivity contribution in [1.29, 1.82) is 0 Å². The normalized spacial score (nSPS) is 22.1. The molecule has 0 saturated carbocycles. The van der Waals surface area contributed by atoms with Gasteiger partial charge in [0.1, 0.15) is 0 Å². The third-order valence-electron chi connectivity index (χ3n) is 4.16. The maximum Gasteiger partial charge on any atom is 0.254 e. The number of anilines is 1. The highest BCUT2D eigenvalue weighted by Gasteiger charge is 2.24. The molecule has 124 valence electrons. The van der Waals surface area contributed by atoms with Crippen molar-refractivity contribution in [3.63, 3.8) is 0 Å². The fourth-order valence-corrected chi connectivity index (χ4v) is 2.76. The fraction of sp³-hybridized carbons (Fsp3) is 0.600. The lowest BCUT2D eigenvalue weighted by atomic mass is 10.1. The van der Waals surface area contributed by atoms with Crippen LogP contribution < -0.4 is 10.2 Å². The zero-order chi connectivity index (χ0) is 16.2. The summed E-state index contributed by atoms with van der Waals surface area (Å²) in [5.41, 5.74) is 0.432. The zero-order valence-electron chi connectivity index (χ0n) is 13.2.